The molecule has 0 amide bonds. The van der Waals surface area contributed by atoms with Gasteiger partial charge in [0.1, 0.15) is 0 Å². The second-order valence-electron chi connectivity index (χ2n) is 4.17. The summed E-state index contributed by atoms with van der Waals surface area (Å²) in [4.78, 5) is 7.62. The van der Waals surface area contributed by atoms with E-state index in [1.165, 1.54) is 0 Å². The summed E-state index contributed by atoms with van der Waals surface area (Å²) >= 11 is 11.6. The summed E-state index contributed by atoms with van der Waals surface area (Å²) in [6.07, 6.45) is -3.78. The Morgan fingerprint density at radius 1 is 1.23 bits per heavy atom. The Labute approximate surface area is 135 Å². The number of anilines is 1. The molecule has 0 aliphatic rings. The average molecular weight is 356 g/mol. The molecule has 1 aromatic rings. The topological polar surface area (TPSA) is 88.8 Å². The van der Waals surface area contributed by atoms with Gasteiger partial charge in [0, 0.05) is 6.54 Å². The first-order valence-electron chi connectivity index (χ1n) is 6.12. The molecule has 122 valence electrons. The molecule has 5 nitrogen and oxygen atoms in total. The fourth-order valence-electron chi connectivity index (χ4n) is 1.40. The quantitative estimate of drug-likeness (QED) is 0.572. The number of halogens is 5. The van der Waals surface area contributed by atoms with Gasteiger partial charge in [0.15, 0.2) is 0 Å². The summed E-state index contributed by atoms with van der Waals surface area (Å²) in [7, 11) is 0. The van der Waals surface area contributed by atoms with Crippen LogP contribution in [0, 0.1) is 0 Å². The summed E-state index contributed by atoms with van der Waals surface area (Å²) in [5, 5.41) is 2.00. The monoisotopic (exact) mass is 355 g/mol. The van der Waals surface area contributed by atoms with E-state index >= 15 is 0 Å². The van der Waals surface area contributed by atoms with Crippen LogP contribution in [0.3, 0.4) is 0 Å². The molecule has 1 rings (SSSR count). The molecule has 1 aromatic carbocycles. The molecule has 0 aromatic heterocycles. The molecule has 0 heterocycles. The van der Waals surface area contributed by atoms with Crippen LogP contribution in [0.25, 0.3) is 0 Å². The van der Waals surface area contributed by atoms with Crippen LogP contribution < -0.4 is 16.8 Å². The molecule has 10 heteroatoms. The van der Waals surface area contributed by atoms with Gasteiger partial charge in [-0.2, -0.15) is 18.2 Å². The van der Waals surface area contributed by atoms with Gasteiger partial charge < -0.3 is 16.8 Å². The predicted octanol–water partition coefficient (Wildman–Crippen LogP) is 3.46. The predicted molar refractivity (Wildman–Crippen MR) is 83.5 cm³/mol. The van der Waals surface area contributed by atoms with Crippen molar-refractivity contribution in [1.29, 1.82) is 0 Å². The highest BCUT2D eigenvalue weighted by Crippen LogP contribution is 2.38. The van der Waals surface area contributed by atoms with Crippen molar-refractivity contribution in [2.75, 3.05) is 11.9 Å². The lowest BCUT2D eigenvalue weighted by molar-refractivity contribution is -0.137. The van der Waals surface area contributed by atoms with Crippen LogP contribution in [-0.4, -0.2) is 18.5 Å². The van der Waals surface area contributed by atoms with E-state index in [0.717, 1.165) is 18.6 Å². The number of guanidine groups is 2. The molecule has 0 unspecified atom stereocenters. The molecular weight excluding hydrogens is 342 g/mol. The summed E-state index contributed by atoms with van der Waals surface area (Å²) in [6, 6.07) is 1.47. The SMILES string of the molecule is CCCN=C(N)N=C(N)Nc1c(Cl)cc(C(F)(F)F)cc1Cl. The van der Waals surface area contributed by atoms with Crippen molar-refractivity contribution in [2.45, 2.75) is 19.5 Å². The zero-order chi connectivity index (χ0) is 16.9. The molecular formula is C12H14Cl2F3N5. The first kappa shape index (κ1) is 18.4. The van der Waals surface area contributed by atoms with Gasteiger partial charge in [0.25, 0.3) is 0 Å². The van der Waals surface area contributed by atoms with Crippen molar-refractivity contribution in [3.63, 3.8) is 0 Å². The van der Waals surface area contributed by atoms with Crippen LogP contribution in [0.15, 0.2) is 22.1 Å². The number of nitrogens with zero attached hydrogens (tertiary/aromatic N) is 2. The van der Waals surface area contributed by atoms with Crippen molar-refractivity contribution in [3.8, 4) is 0 Å². The first-order chi connectivity index (χ1) is 10.1. The van der Waals surface area contributed by atoms with Crippen LogP contribution in [0.1, 0.15) is 18.9 Å². The molecule has 5 N–H and O–H groups in total. The first-order valence-corrected chi connectivity index (χ1v) is 6.88. The van der Waals surface area contributed by atoms with Gasteiger partial charge in [-0.15, -0.1) is 0 Å². The van der Waals surface area contributed by atoms with Crippen LogP contribution >= 0.6 is 23.2 Å². The number of rotatable bonds is 3. The van der Waals surface area contributed by atoms with E-state index in [1.807, 2.05) is 6.92 Å². The molecule has 0 bridgehead atoms. The van der Waals surface area contributed by atoms with Gasteiger partial charge in [0.2, 0.25) is 11.9 Å². The van der Waals surface area contributed by atoms with E-state index in [0.29, 0.717) is 6.54 Å². The summed E-state index contributed by atoms with van der Waals surface area (Å²) in [5.41, 5.74) is 10.1. The van der Waals surface area contributed by atoms with Gasteiger partial charge in [-0.3, -0.25) is 4.99 Å². The van der Waals surface area contributed by atoms with E-state index in [1.54, 1.807) is 0 Å². The van der Waals surface area contributed by atoms with Crippen molar-refractivity contribution < 1.29 is 13.2 Å². The Kier molecular flexibility index (Phi) is 6.31. The summed E-state index contributed by atoms with van der Waals surface area (Å²) < 4.78 is 37.8. The average Bonchev–Trinajstić information content (AvgIpc) is 2.39. The Hall–Kier alpha value is -1.67. The van der Waals surface area contributed by atoms with E-state index in [4.69, 9.17) is 34.7 Å². The molecule has 0 spiro atoms. The fraction of sp³-hybridized carbons (Fsp3) is 0.333. The molecule has 0 radical (unpaired) electrons. The molecule has 0 aliphatic heterocycles. The minimum Gasteiger partial charge on any atom is -0.369 e. The maximum absolute atomic E-state index is 12.6. The molecule has 0 aliphatic carbocycles. The van der Waals surface area contributed by atoms with E-state index in [2.05, 4.69) is 15.3 Å². The lowest BCUT2D eigenvalue weighted by Gasteiger charge is -2.13. The van der Waals surface area contributed by atoms with Crippen molar-refractivity contribution in [3.05, 3.63) is 27.7 Å². The second kappa shape index (κ2) is 7.55. The summed E-state index contributed by atoms with van der Waals surface area (Å²) in [6.45, 7) is 2.38. The van der Waals surface area contributed by atoms with E-state index in [-0.39, 0.29) is 27.7 Å². The van der Waals surface area contributed by atoms with Crippen molar-refractivity contribution in [2.24, 2.45) is 21.5 Å². The van der Waals surface area contributed by atoms with Gasteiger partial charge in [-0.25, -0.2) is 0 Å². The Balaban J connectivity index is 3.02. The number of nitrogens with one attached hydrogen (secondary N) is 1. The summed E-state index contributed by atoms with van der Waals surface area (Å²) in [5.74, 6) is -0.257. The van der Waals surface area contributed by atoms with E-state index < -0.39 is 11.7 Å². The lowest BCUT2D eigenvalue weighted by Crippen LogP contribution is -2.26. The number of benzene rings is 1. The van der Waals surface area contributed by atoms with Gasteiger partial charge in [-0.05, 0) is 18.6 Å². The highest BCUT2D eigenvalue weighted by atomic mass is 35.5. The fourth-order valence-corrected chi connectivity index (χ4v) is 1.98. The van der Waals surface area contributed by atoms with Crippen LogP contribution in [0.2, 0.25) is 10.0 Å². The zero-order valence-electron chi connectivity index (χ0n) is 11.5. The number of alkyl halides is 3. The maximum Gasteiger partial charge on any atom is 0.416 e. The Bertz CT molecular complexity index is 576. The van der Waals surface area contributed by atoms with Crippen LogP contribution in [0.5, 0.6) is 0 Å². The third kappa shape index (κ3) is 5.27. The Morgan fingerprint density at radius 2 is 1.77 bits per heavy atom. The van der Waals surface area contributed by atoms with Crippen LogP contribution in [-0.2, 0) is 6.18 Å². The smallest absolute Gasteiger partial charge is 0.369 e. The minimum absolute atomic E-state index is 0.000810. The van der Waals surface area contributed by atoms with Crippen LogP contribution in [0.4, 0.5) is 18.9 Å². The second-order valence-corrected chi connectivity index (χ2v) is 4.99. The largest absolute Gasteiger partial charge is 0.416 e. The molecule has 0 saturated heterocycles. The molecule has 0 fully saturated rings. The molecule has 0 saturated carbocycles. The standard InChI is InChI=1S/C12H14Cl2F3N5/c1-2-3-20-10(18)22-11(19)21-9-7(13)4-6(5-8(9)14)12(15,16)17/h4-5H,2-3H2,1H3,(H5,18,19,20,21,22). The normalized spacial score (nSPS) is 13.4. The highest BCUT2D eigenvalue weighted by Gasteiger charge is 2.32. The maximum atomic E-state index is 12.6. The van der Waals surface area contributed by atoms with Crippen molar-refractivity contribution >= 4 is 40.8 Å². The van der Waals surface area contributed by atoms with Gasteiger partial charge in [-0.1, -0.05) is 30.1 Å². The number of aliphatic imine (C=N–C) groups is 2. The highest BCUT2D eigenvalue weighted by molar-refractivity contribution is 6.40. The number of nitrogens with two attached hydrogens (primary N) is 2. The number of hydrogen-bond donors (Lipinski definition) is 3. The van der Waals surface area contributed by atoms with Gasteiger partial charge >= 0.3 is 6.18 Å². The molecule has 22 heavy (non-hydrogen) atoms. The van der Waals surface area contributed by atoms with Gasteiger partial charge in [0.05, 0.1) is 21.3 Å². The lowest BCUT2D eigenvalue weighted by atomic mass is 10.2. The Morgan fingerprint density at radius 3 is 2.23 bits per heavy atom. The zero-order valence-corrected chi connectivity index (χ0v) is 13.0. The third-order valence-electron chi connectivity index (χ3n) is 2.35. The minimum atomic E-state index is -4.55. The van der Waals surface area contributed by atoms with E-state index in [9.17, 15) is 13.2 Å². The van der Waals surface area contributed by atoms with Crippen molar-refractivity contribution in [1.82, 2.24) is 0 Å². The molecule has 0 atom stereocenters. The number of hydrogen-bond acceptors (Lipinski definition) is 1. The third-order valence-corrected chi connectivity index (χ3v) is 2.95.